The molecular formula is C37H32F2N4O4S. The van der Waals surface area contributed by atoms with Crippen LogP contribution < -0.4 is 9.62 Å². The van der Waals surface area contributed by atoms with Gasteiger partial charge >= 0.3 is 0 Å². The number of aromatic nitrogens is 2. The molecule has 1 amide bonds. The molecule has 0 fully saturated rings. The third kappa shape index (κ3) is 5.66. The molecule has 0 unspecified atom stereocenters. The van der Waals surface area contributed by atoms with Crippen molar-refractivity contribution < 1.29 is 26.4 Å². The molecule has 0 aliphatic rings. The molecule has 0 saturated heterocycles. The van der Waals surface area contributed by atoms with Crippen LogP contribution in [0.5, 0.6) is 0 Å². The van der Waals surface area contributed by atoms with Gasteiger partial charge < -0.3 is 14.3 Å². The first kappa shape index (κ1) is 32.4. The highest BCUT2D eigenvalue weighted by molar-refractivity contribution is 7.92. The van der Waals surface area contributed by atoms with Gasteiger partial charge in [0.15, 0.2) is 0 Å². The minimum Gasteiger partial charge on any atom is -0.455 e. The van der Waals surface area contributed by atoms with Gasteiger partial charge in [0.25, 0.3) is 5.91 Å². The molecule has 0 spiro atoms. The summed E-state index contributed by atoms with van der Waals surface area (Å²) >= 11 is 0. The van der Waals surface area contributed by atoms with Crippen molar-refractivity contribution in [2.45, 2.75) is 13.0 Å². The zero-order valence-electron chi connectivity index (χ0n) is 26.6. The second-order valence-electron chi connectivity index (χ2n) is 11.3. The number of hydrogen-bond donors (Lipinski definition) is 1. The Balaban J connectivity index is 1.68. The Hall–Kier alpha value is -5.55. The van der Waals surface area contributed by atoms with Crippen molar-refractivity contribution in [2.24, 2.45) is 0 Å². The van der Waals surface area contributed by atoms with Gasteiger partial charge in [0, 0.05) is 60.4 Å². The molecule has 0 saturated carbocycles. The second-order valence-corrected chi connectivity index (χ2v) is 13.3. The Kier molecular flexibility index (Phi) is 8.48. The number of hydrogen-bond acceptors (Lipinski definition) is 5. The largest absolute Gasteiger partial charge is 0.455 e. The van der Waals surface area contributed by atoms with Crippen LogP contribution in [0.4, 0.5) is 14.5 Å². The quantitative estimate of drug-likeness (QED) is 0.151. The number of nitrogens with one attached hydrogen (secondary N) is 1. The molecule has 0 aliphatic carbocycles. The van der Waals surface area contributed by atoms with Gasteiger partial charge in [-0.15, -0.1) is 13.2 Å². The summed E-state index contributed by atoms with van der Waals surface area (Å²) in [7, 11) is -0.891. The van der Waals surface area contributed by atoms with Gasteiger partial charge in [-0.05, 0) is 60.5 Å². The lowest BCUT2D eigenvalue weighted by atomic mass is 9.98. The normalized spacial score (nSPS) is 11.6. The summed E-state index contributed by atoms with van der Waals surface area (Å²) in [5, 5.41) is 3.42. The molecule has 0 radical (unpaired) electrons. The van der Waals surface area contributed by atoms with E-state index in [1.165, 1.54) is 44.4 Å². The van der Waals surface area contributed by atoms with Crippen molar-refractivity contribution in [3.63, 3.8) is 0 Å². The van der Waals surface area contributed by atoms with E-state index in [2.05, 4.69) is 18.5 Å². The summed E-state index contributed by atoms with van der Waals surface area (Å²) in [6, 6.07) is 17.2. The summed E-state index contributed by atoms with van der Waals surface area (Å²) in [5.74, 6) is -1.13. The van der Waals surface area contributed by atoms with E-state index in [0.29, 0.717) is 57.3 Å². The van der Waals surface area contributed by atoms with E-state index in [4.69, 9.17) is 9.40 Å². The third-order valence-electron chi connectivity index (χ3n) is 8.26. The van der Waals surface area contributed by atoms with E-state index in [1.807, 2.05) is 22.9 Å². The smallest absolute Gasteiger partial charge is 0.255 e. The zero-order chi connectivity index (χ0) is 34.3. The molecule has 48 heavy (non-hydrogen) atoms. The van der Waals surface area contributed by atoms with E-state index < -0.39 is 27.6 Å². The molecule has 3 aromatic carbocycles. The number of anilines is 1. The Morgan fingerprint density at radius 1 is 1.04 bits per heavy atom. The molecule has 0 aliphatic heterocycles. The van der Waals surface area contributed by atoms with Gasteiger partial charge in [-0.3, -0.25) is 9.10 Å². The monoisotopic (exact) mass is 666 g/mol. The summed E-state index contributed by atoms with van der Waals surface area (Å²) in [5.41, 5.74) is 4.37. The van der Waals surface area contributed by atoms with Crippen LogP contribution >= 0.6 is 0 Å². The fourth-order valence-corrected chi connectivity index (χ4v) is 6.41. The molecule has 6 aromatic rings. The molecular weight excluding hydrogens is 634 g/mol. The number of carbonyl (C=O) groups is 1. The van der Waals surface area contributed by atoms with Gasteiger partial charge in [-0.25, -0.2) is 22.2 Å². The number of fused-ring (bicyclic) bond motifs is 2. The lowest BCUT2D eigenvalue weighted by Crippen LogP contribution is -2.25. The molecule has 0 atom stereocenters. The first-order valence-electron chi connectivity index (χ1n) is 15.0. The highest BCUT2D eigenvalue weighted by atomic mass is 32.2. The van der Waals surface area contributed by atoms with Crippen LogP contribution in [0.1, 0.15) is 15.9 Å². The van der Waals surface area contributed by atoms with Crippen molar-refractivity contribution in [1.29, 1.82) is 0 Å². The highest BCUT2D eigenvalue weighted by Gasteiger charge is 2.27. The maximum absolute atomic E-state index is 15.5. The fraction of sp³-hybridized carbons (Fsp3) is 0.135. The standard InChI is InChI=1S/C37H32F2N4O4S/c1-6-9-22-14-17-29(41-35(22)27-21-43(18-7-2)30-11-8-10-28(39)33(27)30)25-19-26-32(20-31(25)42(4)48(5,45)46)47-36(34(26)37(44)40-3)23-12-15-24(38)16-13-23/h6-8,10-17,19-21H,1-2,9,18H2,3-5H3,(H,40,44). The van der Waals surface area contributed by atoms with Crippen LogP contribution in [0.2, 0.25) is 0 Å². The van der Waals surface area contributed by atoms with E-state index >= 15 is 4.39 Å². The Morgan fingerprint density at radius 2 is 1.79 bits per heavy atom. The number of nitrogens with zero attached hydrogens (tertiary/aromatic N) is 3. The zero-order valence-corrected chi connectivity index (χ0v) is 27.4. The molecule has 3 heterocycles. The molecule has 244 valence electrons. The Bertz CT molecular complexity index is 2360. The SMILES string of the molecule is C=CCc1ccc(-c2cc3c(C(=O)NC)c(-c4ccc(F)cc4)oc3cc2N(C)S(C)(=O)=O)nc1-c1cn(CC=C)c2cccc(F)c12. The average molecular weight is 667 g/mol. The van der Waals surface area contributed by atoms with Gasteiger partial charge in [-0.2, -0.15) is 0 Å². The number of carbonyl (C=O) groups excluding carboxylic acids is 1. The number of benzene rings is 3. The van der Waals surface area contributed by atoms with Gasteiger partial charge in [0.1, 0.15) is 23.0 Å². The number of sulfonamides is 1. The van der Waals surface area contributed by atoms with Gasteiger partial charge in [0.05, 0.1) is 34.4 Å². The first-order valence-corrected chi connectivity index (χ1v) is 16.8. The van der Waals surface area contributed by atoms with Crippen LogP contribution in [-0.4, -0.2) is 44.2 Å². The third-order valence-corrected chi connectivity index (χ3v) is 9.45. The second kappa shape index (κ2) is 12.6. The average Bonchev–Trinajstić information content (AvgIpc) is 3.63. The summed E-state index contributed by atoms with van der Waals surface area (Å²) in [6.45, 7) is 8.17. The Labute approximate surface area is 276 Å². The van der Waals surface area contributed by atoms with Crippen molar-refractivity contribution >= 4 is 43.5 Å². The van der Waals surface area contributed by atoms with E-state index in [9.17, 15) is 17.6 Å². The lowest BCUT2D eigenvalue weighted by Gasteiger charge is -2.21. The lowest BCUT2D eigenvalue weighted by molar-refractivity contribution is 0.0964. The molecule has 8 nitrogen and oxygen atoms in total. The predicted octanol–water partition coefficient (Wildman–Crippen LogP) is 7.73. The van der Waals surface area contributed by atoms with Crippen LogP contribution in [0.3, 0.4) is 0 Å². The molecule has 11 heteroatoms. The van der Waals surface area contributed by atoms with E-state index in [0.717, 1.165) is 16.1 Å². The van der Waals surface area contributed by atoms with Crippen LogP contribution in [0.15, 0.2) is 103 Å². The Morgan fingerprint density at radius 3 is 2.46 bits per heavy atom. The number of furan rings is 1. The fourth-order valence-electron chi connectivity index (χ4n) is 5.90. The number of pyridine rings is 1. The van der Waals surface area contributed by atoms with Crippen LogP contribution in [0, 0.1) is 11.6 Å². The van der Waals surface area contributed by atoms with Crippen molar-refractivity contribution in [2.75, 3.05) is 24.7 Å². The van der Waals surface area contributed by atoms with E-state index in [1.54, 1.807) is 36.4 Å². The predicted molar refractivity (Wildman–Crippen MR) is 186 cm³/mol. The summed E-state index contributed by atoms with van der Waals surface area (Å²) < 4.78 is 64.3. The maximum Gasteiger partial charge on any atom is 0.255 e. The molecule has 1 N–H and O–H groups in total. The van der Waals surface area contributed by atoms with Crippen molar-refractivity contribution in [3.8, 4) is 33.8 Å². The van der Waals surface area contributed by atoms with Gasteiger partial charge in [0.2, 0.25) is 10.0 Å². The highest BCUT2D eigenvalue weighted by Crippen LogP contribution is 2.42. The number of allylic oxidation sites excluding steroid dienone is 2. The van der Waals surface area contributed by atoms with Crippen LogP contribution in [0.25, 0.3) is 55.7 Å². The number of amides is 1. The maximum atomic E-state index is 15.5. The topological polar surface area (TPSA) is 97.4 Å². The van der Waals surface area contributed by atoms with Gasteiger partial charge in [-0.1, -0.05) is 24.3 Å². The van der Waals surface area contributed by atoms with Crippen molar-refractivity contribution in [3.05, 3.63) is 121 Å². The molecule has 3 aromatic heterocycles. The summed E-state index contributed by atoms with van der Waals surface area (Å²) in [6.07, 6.45) is 6.79. The van der Waals surface area contributed by atoms with Crippen molar-refractivity contribution in [1.82, 2.24) is 14.9 Å². The number of halogens is 2. The minimum absolute atomic E-state index is 0.187. The first-order chi connectivity index (χ1) is 23.0. The number of rotatable bonds is 10. The molecule has 6 rings (SSSR count). The summed E-state index contributed by atoms with van der Waals surface area (Å²) in [4.78, 5) is 18.4. The van der Waals surface area contributed by atoms with E-state index in [-0.39, 0.29) is 22.6 Å². The molecule has 0 bridgehead atoms. The minimum atomic E-state index is -3.79. The van der Waals surface area contributed by atoms with Crippen LogP contribution in [-0.2, 0) is 23.0 Å².